The average molecular weight is 484 g/mol. The molecule has 0 bridgehead atoms. The zero-order chi connectivity index (χ0) is 24.2. The maximum absolute atomic E-state index is 14.4. The standard InChI is InChI=1S/C24H20ClF2N5O2/c1-32(9-2-10-34-21-12-16(31-33)5-3-14(21)13-28)23-19-8-7-18(22(19)29-24(25)30-23)17-6-4-15(26)11-20(17)27/h3-6,11-12,18H,2,7-10H2,1H3. The van der Waals surface area contributed by atoms with Crippen molar-refractivity contribution in [1.82, 2.24) is 9.97 Å². The van der Waals surface area contributed by atoms with Crippen LogP contribution in [0.1, 0.15) is 41.1 Å². The largest absolute Gasteiger partial charge is 0.492 e. The first-order valence-electron chi connectivity index (χ1n) is 10.6. The minimum atomic E-state index is -0.626. The van der Waals surface area contributed by atoms with Crippen molar-refractivity contribution in [3.63, 3.8) is 0 Å². The molecule has 0 fully saturated rings. The molecule has 4 rings (SSSR count). The van der Waals surface area contributed by atoms with Crippen LogP contribution in [0.5, 0.6) is 5.75 Å². The molecule has 0 saturated carbocycles. The number of halogens is 3. The van der Waals surface area contributed by atoms with Crippen molar-refractivity contribution < 1.29 is 13.5 Å². The Morgan fingerprint density at radius 2 is 2.09 bits per heavy atom. The quantitative estimate of drug-likeness (QED) is 0.233. The van der Waals surface area contributed by atoms with E-state index in [0.717, 1.165) is 11.6 Å². The van der Waals surface area contributed by atoms with Gasteiger partial charge in [0.25, 0.3) is 0 Å². The van der Waals surface area contributed by atoms with Gasteiger partial charge in [0.2, 0.25) is 5.28 Å². The highest BCUT2D eigenvalue weighted by Gasteiger charge is 2.32. The van der Waals surface area contributed by atoms with Crippen molar-refractivity contribution >= 4 is 23.1 Å². The topological polar surface area (TPSA) is 91.5 Å². The van der Waals surface area contributed by atoms with Gasteiger partial charge in [0.05, 0.1) is 17.9 Å². The molecule has 0 N–H and O–H groups in total. The number of aromatic nitrogens is 2. The van der Waals surface area contributed by atoms with Crippen molar-refractivity contribution in [2.75, 3.05) is 25.1 Å². The van der Waals surface area contributed by atoms with E-state index in [1.807, 2.05) is 18.0 Å². The van der Waals surface area contributed by atoms with Crippen LogP contribution in [0, 0.1) is 27.9 Å². The Balaban J connectivity index is 1.46. The number of fused-ring (bicyclic) bond motifs is 1. The van der Waals surface area contributed by atoms with Gasteiger partial charge in [0.15, 0.2) is 0 Å². The number of nitriles is 1. The molecule has 0 radical (unpaired) electrons. The van der Waals surface area contributed by atoms with E-state index >= 15 is 0 Å². The molecular weight excluding hydrogens is 464 g/mol. The number of nitrogens with zero attached hydrogens (tertiary/aromatic N) is 5. The van der Waals surface area contributed by atoms with Crippen molar-refractivity contribution in [1.29, 1.82) is 5.26 Å². The molecule has 3 aromatic rings. The van der Waals surface area contributed by atoms with E-state index in [0.29, 0.717) is 60.8 Å². The Labute approximate surface area is 199 Å². The highest BCUT2D eigenvalue weighted by atomic mass is 35.5. The lowest BCUT2D eigenvalue weighted by Crippen LogP contribution is -2.23. The highest BCUT2D eigenvalue weighted by molar-refractivity contribution is 6.28. The maximum atomic E-state index is 14.4. The summed E-state index contributed by atoms with van der Waals surface area (Å²) in [6, 6.07) is 9.97. The van der Waals surface area contributed by atoms with Gasteiger partial charge in [-0.05, 0) is 59.8 Å². The van der Waals surface area contributed by atoms with Crippen LogP contribution in [0.4, 0.5) is 20.3 Å². The molecule has 0 saturated heterocycles. The van der Waals surface area contributed by atoms with E-state index in [1.54, 1.807) is 0 Å². The lowest BCUT2D eigenvalue weighted by Gasteiger charge is -2.22. The van der Waals surface area contributed by atoms with Crippen LogP contribution in [-0.4, -0.2) is 30.2 Å². The molecule has 0 aliphatic heterocycles. The van der Waals surface area contributed by atoms with Crippen molar-refractivity contribution in [3.8, 4) is 11.8 Å². The monoisotopic (exact) mass is 483 g/mol. The van der Waals surface area contributed by atoms with Crippen molar-refractivity contribution in [2.45, 2.75) is 25.2 Å². The van der Waals surface area contributed by atoms with Gasteiger partial charge in [-0.3, -0.25) is 0 Å². The van der Waals surface area contributed by atoms with E-state index in [4.69, 9.17) is 16.3 Å². The van der Waals surface area contributed by atoms with Gasteiger partial charge in [-0.1, -0.05) is 6.07 Å². The lowest BCUT2D eigenvalue weighted by atomic mass is 9.96. The number of hydrogen-bond donors (Lipinski definition) is 0. The second kappa shape index (κ2) is 10.1. The lowest BCUT2D eigenvalue weighted by molar-refractivity contribution is 0.311. The van der Waals surface area contributed by atoms with Gasteiger partial charge < -0.3 is 9.64 Å². The molecule has 34 heavy (non-hydrogen) atoms. The third kappa shape index (κ3) is 4.82. The Morgan fingerprint density at radius 3 is 2.82 bits per heavy atom. The fourth-order valence-electron chi connectivity index (χ4n) is 4.19. The van der Waals surface area contributed by atoms with E-state index in [1.165, 1.54) is 30.3 Å². The summed E-state index contributed by atoms with van der Waals surface area (Å²) >= 11 is 6.20. The van der Waals surface area contributed by atoms with E-state index < -0.39 is 11.6 Å². The third-order valence-corrected chi connectivity index (χ3v) is 5.96. The minimum absolute atomic E-state index is 0.0584. The van der Waals surface area contributed by atoms with Gasteiger partial charge in [-0.25, -0.2) is 18.7 Å². The van der Waals surface area contributed by atoms with E-state index in [9.17, 15) is 18.9 Å². The SMILES string of the molecule is CN(CCCOc1cc(N=O)ccc1C#N)c1nc(Cl)nc2c1CCC2c1ccc(F)cc1F. The molecule has 1 unspecified atom stereocenters. The normalized spacial score (nSPS) is 14.4. The third-order valence-electron chi connectivity index (χ3n) is 5.79. The number of nitroso groups, excluding NO2 is 1. The fraction of sp³-hybridized carbons (Fsp3) is 0.292. The summed E-state index contributed by atoms with van der Waals surface area (Å²) in [4.78, 5) is 21.4. The summed E-state index contributed by atoms with van der Waals surface area (Å²) in [5.74, 6) is -0.596. The summed E-state index contributed by atoms with van der Waals surface area (Å²) < 4.78 is 33.5. The molecule has 10 heteroatoms. The first-order valence-corrected chi connectivity index (χ1v) is 11.0. The molecule has 7 nitrogen and oxygen atoms in total. The molecular formula is C24H20ClF2N5O2. The molecule has 174 valence electrons. The summed E-state index contributed by atoms with van der Waals surface area (Å²) in [6.07, 6.45) is 1.85. The summed E-state index contributed by atoms with van der Waals surface area (Å²) in [5.41, 5.74) is 2.43. The number of rotatable bonds is 8. The smallest absolute Gasteiger partial charge is 0.224 e. The van der Waals surface area contributed by atoms with E-state index in [-0.39, 0.29) is 16.9 Å². The molecule has 0 spiro atoms. The Morgan fingerprint density at radius 1 is 1.26 bits per heavy atom. The van der Waals surface area contributed by atoms with Crippen LogP contribution in [-0.2, 0) is 6.42 Å². The van der Waals surface area contributed by atoms with Gasteiger partial charge in [0.1, 0.15) is 35.0 Å². The molecule has 2 aromatic carbocycles. The van der Waals surface area contributed by atoms with Gasteiger partial charge >= 0.3 is 0 Å². The van der Waals surface area contributed by atoms with Crippen molar-refractivity contribution in [2.24, 2.45) is 5.18 Å². The van der Waals surface area contributed by atoms with Gasteiger partial charge in [-0.15, -0.1) is 4.91 Å². The molecule has 1 aromatic heterocycles. The average Bonchev–Trinajstić information content (AvgIpc) is 3.24. The van der Waals surface area contributed by atoms with Crippen LogP contribution >= 0.6 is 11.6 Å². The first kappa shape index (κ1) is 23.5. The van der Waals surface area contributed by atoms with Crippen LogP contribution < -0.4 is 9.64 Å². The molecule has 1 atom stereocenters. The number of benzene rings is 2. The number of hydrogen-bond acceptors (Lipinski definition) is 7. The Bertz CT molecular complexity index is 1280. The predicted octanol–water partition coefficient (Wildman–Crippen LogP) is 5.66. The summed E-state index contributed by atoms with van der Waals surface area (Å²) in [5, 5.41) is 12.1. The molecule has 1 aliphatic carbocycles. The Hall–Kier alpha value is -3.64. The summed E-state index contributed by atoms with van der Waals surface area (Å²) in [6.45, 7) is 0.856. The van der Waals surface area contributed by atoms with Crippen molar-refractivity contribution in [3.05, 3.63) is 80.6 Å². The van der Waals surface area contributed by atoms with Crippen LogP contribution in [0.25, 0.3) is 0 Å². The number of anilines is 1. The van der Waals surface area contributed by atoms with Crippen LogP contribution in [0.3, 0.4) is 0 Å². The van der Waals surface area contributed by atoms with Gasteiger partial charge in [0, 0.05) is 37.2 Å². The second-order valence-electron chi connectivity index (χ2n) is 7.94. The van der Waals surface area contributed by atoms with Gasteiger partial charge in [-0.2, -0.15) is 5.26 Å². The summed E-state index contributed by atoms with van der Waals surface area (Å²) in [7, 11) is 1.86. The van der Waals surface area contributed by atoms with Crippen LogP contribution in [0.2, 0.25) is 5.28 Å². The predicted molar refractivity (Wildman–Crippen MR) is 124 cm³/mol. The Kier molecular flexibility index (Phi) is 6.98. The minimum Gasteiger partial charge on any atom is -0.492 e. The van der Waals surface area contributed by atoms with E-state index in [2.05, 4.69) is 15.1 Å². The maximum Gasteiger partial charge on any atom is 0.224 e. The molecule has 1 aliphatic rings. The highest BCUT2D eigenvalue weighted by Crippen LogP contribution is 2.41. The zero-order valence-electron chi connectivity index (χ0n) is 18.3. The second-order valence-corrected chi connectivity index (χ2v) is 8.28. The first-order chi connectivity index (χ1) is 16.4. The molecule has 0 amide bonds. The molecule has 1 heterocycles. The number of ether oxygens (including phenoxy) is 1. The fourth-order valence-corrected chi connectivity index (χ4v) is 4.36. The van der Waals surface area contributed by atoms with Crippen LogP contribution in [0.15, 0.2) is 41.6 Å². The zero-order valence-corrected chi connectivity index (χ0v) is 19.0.